The Hall–Kier alpha value is -3.42. The summed E-state index contributed by atoms with van der Waals surface area (Å²) in [5, 5.41) is 8.30. The average molecular weight is 439 g/mol. The molecule has 0 spiro atoms. The van der Waals surface area contributed by atoms with E-state index in [1.165, 1.54) is 12.1 Å². The van der Waals surface area contributed by atoms with Crippen LogP contribution in [0.4, 0.5) is 4.39 Å². The van der Waals surface area contributed by atoms with Gasteiger partial charge in [0.15, 0.2) is 11.5 Å². The molecule has 0 radical (unpaired) electrons. The van der Waals surface area contributed by atoms with Crippen molar-refractivity contribution in [3.63, 3.8) is 0 Å². The Bertz CT molecular complexity index is 1070. The van der Waals surface area contributed by atoms with Gasteiger partial charge in [0, 0.05) is 24.2 Å². The Morgan fingerprint density at radius 3 is 2.59 bits per heavy atom. The minimum atomic E-state index is -0.322. The number of amides is 1. The number of hydrogen-bond donors (Lipinski definition) is 0. The monoisotopic (exact) mass is 439 g/mol. The maximum Gasteiger partial charge on any atom is 0.254 e. The first-order chi connectivity index (χ1) is 15.6. The minimum Gasteiger partial charge on any atom is -0.490 e. The molecule has 1 aromatic heterocycles. The molecule has 0 saturated carbocycles. The highest BCUT2D eigenvalue weighted by Gasteiger charge is 2.29. The molecule has 1 atom stereocenters. The Labute approximate surface area is 186 Å². The van der Waals surface area contributed by atoms with Gasteiger partial charge in [-0.15, -0.1) is 10.2 Å². The normalized spacial score (nSPS) is 16.1. The first kappa shape index (κ1) is 21.8. The highest BCUT2D eigenvalue weighted by molar-refractivity contribution is 5.95. The molecule has 0 aliphatic carbocycles. The zero-order chi connectivity index (χ0) is 22.5. The number of rotatable bonds is 7. The smallest absolute Gasteiger partial charge is 0.254 e. The van der Waals surface area contributed by atoms with Gasteiger partial charge in [-0.3, -0.25) is 4.79 Å². The van der Waals surface area contributed by atoms with Crippen molar-refractivity contribution < 1.29 is 23.1 Å². The highest BCUT2D eigenvalue weighted by Crippen LogP contribution is 2.32. The van der Waals surface area contributed by atoms with Gasteiger partial charge in [0.1, 0.15) is 5.82 Å². The second-order valence-corrected chi connectivity index (χ2v) is 7.57. The quantitative estimate of drug-likeness (QED) is 0.531. The molecule has 1 amide bonds. The fourth-order valence-corrected chi connectivity index (χ4v) is 3.84. The number of aromatic nitrogens is 2. The fourth-order valence-electron chi connectivity index (χ4n) is 3.84. The number of halogens is 1. The van der Waals surface area contributed by atoms with Gasteiger partial charge in [-0.25, -0.2) is 4.39 Å². The van der Waals surface area contributed by atoms with Crippen molar-refractivity contribution in [2.45, 2.75) is 32.6 Å². The summed E-state index contributed by atoms with van der Waals surface area (Å²) in [5.41, 5.74) is 1.21. The predicted molar refractivity (Wildman–Crippen MR) is 116 cm³/mol. The average Bonchev–Trinajstić information content (AvgIpc) is 3.31. The molecule has 1 fully saturated rings. The lowest BCUT2D eigenvalue weighted by molar-refractivity contribution is 0.0698. The molecular formula is C24H26FN3O4. The van der Waals surface area contributed by atoms with Gasteiger partial charge < -0.3 is 18.8 Å². The third-order valence-electron chi connectivity index (χ3n) is 5.38. The number of piperidine rings is 1. The van der Waals surface area contributed by atoms with Crippen LogP contribution in [-0.4, -0.2) is 47.3 Å². The topological polar surface area (TPSA) is 77.7 Å². The summed E-state index contributed by atoms with van der Waals surface area (Å²) in [5.74, 6) is 1.58. The number of benzene rings is 2. The van der Waals surface area contributed by atoms with Crippen LogP contribution in [0.1, 0.15) is 48.9 Å². The number of hydrogen-bond acceptors (Lipinski definition) is 6. The van der Waals surface area contributed by atoms with E-state index in [0.717, 1.165) is 12.8 Å². The summed E-state index contributed by atoms with van der Waals surface area (Å²) in [6.45, 7) is 5.95. The number of likely N-dealkylation sites (tertiary alicyclic amines) is 1. The molecule has 7 nitrogen and oxygen atoms in total. The van der Waals surface area contributed by atoms with E-state index in [4.69, 9.17) is 13.9 Å². The molecule has 1 unspecified atom stereocenters. The van der Waals surface area contributed by atoms with Crippen molar-refractivity contribution in [1.82, 2.24) is 15.1 Å². The van der Waals surface area contributed by atoms with Crippen LogP contribution in [-0.2, 0) is 0 Å². The number of carbonyl (C=O) groups is 1. The van der Waals surface area contributed by atoms with Crippen LogP contribution in [0.2, 0.25) is 0 Å². The Balaban J connectivity index is 1.49. The summed E-state index contributed by atoms with van der Waals surface area (Å²) in [7, 11) is 0. The molecule has 1 aliphatic heterocycles. The third kappa shape index (κ3) is 4.74. The van der Waals surface area contributed by atoms with E-state index in [2.05, 4.69) is 10.2 Å². The Kier molecular flexibility index (Phi) is 6.68. The van der Waals surface area contributed by atoms with Crippen LogP contribution in [0, 0.1) is 5.82 Å². The van der Waals surface area contributed by atoms with E-state index < -0.39 is 0 Å². The number of ether oxygens (including phenoxy) is 2. The van der Waals surface area contributed by atoms with Gasteiger partial charge in [0.25, 0.3) is 5.91 Å². The zero-order valence-corrected chi connectivity index (χ0v) is 18.2. The molecule has 2 heterocycles. The maximum absolute atomic E-state index is 13.2. The number of nitrogens with zero attached hydrogens (tertiary/aromatic N) is 3. The van der Waals surface area contributed by atoms with Crippen molar-refractivity contribution >= 4 is 5.91 Å². The standard InChI is InChI=1S/C24H26FN3O4/c1-3-30-20-12-9-17(14-21(20)31-4-2)24(29)28-13-5-6-18(15-28)23-27-26-22(32-23)16-7-10-19(25)11-8-16/h7-12,14,18H,3-6,13,15H2,1-2H3. The summed E-state index contributed by atoms with van der Waals surface area (Å²) < 4.78 is 30.3. The van der Waals surface area contributed by atoms with Gasteiger partial charge in [-0.2, -0.15) is 0 Å². The molecule has 0 bridgehead atoms. The van der Waals surface area contributed by atoms with Crippen LogP contribution in [0.15, 0.2) is 46.9 Å². The molecule has 0 N–H and O–H groups in total. The summed E-state index contributed by atoms with van der Waals surface area (Å²) >= 11 is 0. The summed E-state index contributed by atoms with van der Waals surface area (Å²) in [4.78, 5) is 15.0. The molecule has 168 valence electrons. The van der Waals surface area contributed by atoms with Crippen molar-refractivity contribution in [1.29, 1.82) is 0 Å². The van der Waals surface area contributed by atoms with Gasteiger partial charge >= 0.3 is 0 Å². The van der Waals surface area contributed by atoms with Crippen LogP contribution >= 0.6 is 0 Å². The van der Waals surface area contributed by atoms with E-state index in [9.17, 15) is 9.18 Å². The van der Waals surface area contributed by atoms with E-state index in [1.807, 2.05) is 13.8 Å². The van der Waals surface area contributed by atoms with Crippen LogP contribution < -0.4 is 9.47 Å². The summed E-state index contributed by atoms with van der Waals surface area (Å²) in [6.07, 6.45) is 1.68. The van der Waals surface area contributed by atoms with E-state index >= 15 is 0 Å². The van der Waals surface area contributed by atoms with Crippen molar-refractivity contribution in [2.75, 3.05) is 26.3 Å². The molecule has 1 saturated heterocycles. The molecule has 2 aromatic carbocycles. The van der Waals surface area contributed by atoms with Crippen LogP contribution in [0.3, 0.4) is 0 Å². The highest BCUT2D eigenvalue weighted by atomic mass is 19.1. The van der Waals surface area contributed by atoms with Gasteiger partial charge in [-0.05, 0) is 69.2 Å². The first-order valence-corrected chi connectivity index (χ1v) is 10.9. The Morgan fingerprint density at radius 1 is 1.09 bits per heavy atom. The van der Waals surface area contributed by atoms with E-state index in [1.54, 1.807) is 35.2 Å². The van der Waals surface area contributed by atoms with Crippen LogP contribution in [0.5, 0.6) is 11.5 Å². The predicted octanol–water partition coefficient (Wildman–Crippen LogP) is 4.69. The zero-order valence-electron chi connectivity index (χ0n) is 18.2. The third-order valence-corrected chi connectivity index (χ3v) is 5.38. The molecule has 1 aliphatic rings. The molecule has 8 heteroatoms. The first-order valence-electron chi connectivity index (χ1n) is 10.9. The second-order valence-electron chi connectivity index (χ2n) is 7.57. The van der Waals surface area contributed by atoms with E-state index in [0.29, 0.717) is 60.7 Å². The summed E-state index contributed by atoms with van der Waals surface area (Å²) in [6, 6.07) is 11.2. The minimum absolute atomic E-state index is 0.0524. The number of carbonyl (C=O) groups excluding carboxylic acids is 1. The van der Waals surface area contributed by atoms with Crippen molar-refractivity contribution in [3.05, 3.63) is 59.7 Å². The maximum atomic E-state index is 13.2. The molecule has 4 rings (SSSR count). The lowest BCUT2D eigenvalue weighted by Gasteiger charge is -2.31. The van der Waals surface area contributed by atoms with Gasteiger partial charge in [0.05, 0.1) is 19.1 Å². The fraction of sp³-hybridized carbons (Fsp3) is 0.375. The second kappa shape index (κ2) is 9.80. The Morgan fingerprint density at radius 2 is 1.84 bits per heavy atom. The SMILES string of the molecule is CCOc1ccc(C(=O)N2CCCC(c3nnc(-c4ccc(F)cc4)o3)C2)cc1OCC. The lowest BCUT2D eigenvalue weighted by atomic mass is 9.97. The van der Waals surface area contributed by atoms with Gasteiger partial charge in [0.2, 0.25) is 11.8 Å². The largest absolute Gasteiger partial charge is 0.490 e. The van der Waals surface area contributed by atoms with Crippen LogP contribution in [0.25, 0.3) is 11.5 Å². The van der Waals surface area contributed by atoms with Crippen molar-refractivity contribution in [3.8, 4) is 23.0 Å². The van der Waals surface area contributed by atoms with Gasteiger partial charge in [-0.1, -0.05) is 0 Å². The molecule has 32 heavy (non-hydrogen) atoms. The van der Waals surface area contributed by atoms with E-state index in [-0.39, 0.29) is 17.6 Å². The molecule has 3 aromatic rings. The molecular weight excluding hydrogens is 413 g/mol. The van der Waals surface area contributed by atoms with Crippen molar-refractivity contribution in [2.24, 2.45) is 0 Å². The lowest BCUT2D eigenvalue weighted by Crippen LogP contribution is -2.39.